The number of hydrogen-bond acceptors (Lipinski definition) is 1. The van der Waals surface area contributed by atoms with E-state index in [1.54, 1.807) is 0 Å². The lowest BCUT2D eigenvalue weighted by atomic mass is 10.1. The third-order valence-electron chi connectivity index (χ3n) is 1.76. The van der Waals surface area contributed by atoms with Crippen molar-refractivity contribution in [2.75, 3.05) is 20.6 Å². The minimum atomic E-state index is 0. The molecule has 1 nitrogen and oxygen atoms in total. The van der Waals surface area contributed by atoms with Gasteiger partial charge in [-0.15, -0.1) is 12.4 Å². The van der Waals surface area contributed by atoms with Crippen molar-refractivity contribution in [2.45, 2.75) is 6.42 Å². The number of benzene rings is 1. The molecule has 0 aliphatic heterocycles. The molecule has 0 spiro atoms. The van der Waals surface area contributed by atoms with Gasteiger partial charge in [0.25, 0.3) is 0 Å². The van der Waals surface area contributed by atoms with Crippen molar-refractivity contribution in [2.24, 2.45) is 0 Å². The van der Waals surface area contributed by atoms with Crippen molar-refractivity contribution in [3.63, 3.8) is 0 Å². The minimum Gasteiger partial charge on any atom is -0.309 e. The van der Waals surface area contributed by atoms with Crippen LogP contribution in [0.4, 0.5) is 0 Å². The van der Waals surface area contributed by atoms with E-state index in [1.807, 2.05) is 0 Å². The Morgan fingerprint density at radius 2 is 1.69 bits per heavy atom. The lowest BCUT2D eigenvalue weighted by molar-refractivity contribution is 0.413. The van der Waals surface area contributed by atoms with Crippen LogP contribution < -0.4 is 0 Å². The van der Waals surface area contributed by atoms with Crippen molar-refractivity contribution in [3.05, 3.63) is 34.3 Å². The van der Waals surface area contributed by atoms with E-state index in [0.717, 1.165) is 17.4 Å². The van der Waals surface area contributed by atoms with Gasteiger partial charge in [-0.2, -0.15) is 0 Å². The third kappa shape index (κ3) is 5.29. The summed E-state index contributed by atoms with van der Waals surface area (Å²) in [6, 6.07) is 8.50. The van der Waals surface area contributed by atoms with Crippen molar-refractivity contribution in [1.29, 1.82) is 0 Å². The first-order valence-corrected chi connectivity index (χ1v) is 4.87. The highest BCUT2D eigenvalue weighted by Crippen LogP contribution is 2.10. The number of hydrogen-bond donors (Lipinski definition) is 0. The summed E-state index contributed by atoms with van der Waals surface area (Å²) in [5.41, 5.74) is 1.40. The zero-order chi connectivity index (χ0) is 8.97. The van der Waals surface area contributed by atoms with E-state index in [2.05, 4.69) is 59.2 Å². The molecular formula is C10H15BrClN. The predicted molar refractivity (Wildman–Crippen MR) is 63.6 cm³/mol. The molecule has 0 N–H and O–H groups in total. The molecule has 0 saturated carbocycles. The van der Waals surface area contributed by atoms with E-state index in [9.17, 15) is 0 Å². The lowest BCUT2D eigenvalue weighted by Gasteiger charge is -2.08. The summed E-state index contributed by atoms with van der Waals surface area (Å²) in [6.07, 6.45) is 1.13. The number of halogens is 2. The van der Waals surface area contributed by atoms with Crippen LogP contribution in [0.15, 0.2) is 28.7 Å². The molecule has 0 aliphatic rings. The van der Waals surface area contributed by atoms with E-state index in [-0.39, 0.29) is 12.4 Å². The average Bonchev–Trinajstić information content (AvgIpc) is 2.03. The monoisotopic (exact) mass is 263 g/mol. The van der Waals surface area contributed by atoms with Gasteiger partial charge in [0.05, 0.1) is 0 Å². The lowest BCUT2D eigenvalue weighted by Crippen LogP contribution is -2.14. The molecule has 0 unspecified atom stereocenters. The Morgan fingerprint density at radius 1 is 1.15 bits per heavy atom. The summed E-state index contributed by atoms with van der Waals surface area (Å²) >= 11 is 3.42. The first kappa shape index (κ1) is 12.9. The van der Waals surface area contributed by atoms with Crippen molar-refractivity contribution in [1.82, 2.24) is 4.90 Å². The number of rotatable bonds is 3. The molecule has 0 bridgehead atoms. The molecule has 0 heterocycles. The fraction of sp³-hybridized carbons (Fsp3) is 0.400. The molecule has 1 aromatic rings. The molecule has 0 radical (unpaired) electrons. The first-order valence-electron chi connectivity index (χ1n) is 4.07. The van der Waals surface area contributed by atoms with Crippen LogP contribution >= 0.6 is 28.3 Å². The third-order valence-corrected chi connectivity index (χ3v) is 2.29. The first-order chi connectivity index (χ1) is 5.68. The average molecular weight is 265 g/mol. The molecular weight excluding hydrogens is 249 g/mol. The van der Waals surface area contributed by atoms with Crippen LogP contribution in [0, 0.1) is 0 Å². The van der Waals surface area contributed by atoms with E-state index < -0.39 is 0 Å². The highest BCUT2D eigenvalue weighted by Gasteiger charge is 1.93. The maximum atomic E-state index is 3.42. The van der Waals surface area contributed by atoms with Gasteiger partial charge in [0.1, 0.15) is 0 Å². The van der Waals surface area contributed by atoms with Gasteiger partial charge in [-0.25, -0.2) is 0 Å². The van der Waals surface area contributed by atoms with Crippen LogP contribution in [0.5, 0.6) is 0 Å². The molecule has 0 fully saturated rings. The summed E-state index contributed by atoms with van der Waals surface area (Å²) in [4.78, 5) is 2.20. The Balaban J connectivity index is 0.00000144. The largest absolute Gasteiger partial charge is 0.309 e. The van der Waals surface area contributed by atoms with Crippen LogP contribution in [0.1, 0.15) is 5.56 Å². The normalized spacial score (nSPS) is 9.85. The van der Waals surface area contributed by atoms with Gasteiger partial charge in [0, 0.05) is 11.0 Å². The molecule has 0 atom stereocenters. The fourth-order valence-corrected chi connectivity index (χ4v) is 1.27. The van der Waals surface area contributed by atoms with Crippen LogP contribution in [-0.2, 0) is 6.42 Å². The van der Waals surface area contributed by atoms with Gasteiger partial charge in [0.15, 0.2) is 0 Å². The maximum absolute atomic E-state index is 3.42. The van der Waals surface area contributed by atoms with Gasteiger partial charge in [-0.05, 0) is 38.2 Å². The molecule has 3 heteroatoms. The molecule has 13 heavy (non-hydrogen) atoms. The van der Waals surface area contributed by atoms with Gasteiger partial charge in [-0.3, -0.25) is 0 Å². The maximum Gasteiger partial charge on any atom is 0.0175 e. The van der Waals surface area contributed by atoms with E-state index in [1.165, 1.54) is 5.56 Å². The Morgan fingerprint density at radius 3 is 2.15 bits per heavy atom. The molecule has 0 amide bonds. The summed E-state index contributed by atoms with van der Waals surface area (Å²) in [6.45, 7) is 1.11. The van der Waals surface area contributed by atoms with Gasteiger partial charge >= 0.3 is 0 Å². The zero-order valence-corrected chi connectivity index (χ0v) is 10.4. The Kier molecular flexibility index (Phi) is 6.39. The summed E-state index contributed by atoms with van der Waals surface area (Å²) in [7, 11) is 4.19. The van der Waals surface area contributed by atoms with Crippen molar-refractivity contribution in [3.8, 4) is 0 Å². The smallest absolute Gasteiger partial charge is 0.0175 e. The Hall–Kier alpha value is -0.0500. The second kappa shape index (κ2) is 6.41. The summed E-state index contributed by atoms with van der Waals surface area (Å²) in [5, 5.41) is 0. The minimum absolute atomic E-state index is 0. The van der Waals surface area contributed by atoms with E-state index in [0.29, 0.717) is 0 Å². The highest BCUT2D eigenvalue weighted by atomic mass is 79.9. The molecule has 0 aliphatic carbocycles. The van der Waals surface area contributed by atoms with Gasteiger partial charge < -0.3 is 4.90 Å². The number of nitrogens with zero attached hydrogens (tertiary/aromatic N) is 1. The molecule has 0 aromatic heterocycles. The van der Waals surface area contributed by atoms with E-state index in [4.69, 9.17) is 0 Å². The topological polar surface area (TPSA) is 3.24 Å². The number of likely N-dealkylation sites (N-methyl/N-ethyl adjacent to an activating group) is 1. The quantitative estimate of drug-likeness (QED) is 0.811. The zero-order valence-electron chi connectivity index (χ0n) is 7.96. The molecule has 0 saturated heterocycles. The molecule has 1 aromatic carbocycles. The van der Waals surface area contributed by atoms with Crippen LogP contribution in [-0.4, -0.2) is 25.5 Å². The van der Waals surface area contributed by atoms with E-state index >= 15 is 0 Å². The van der Waals surface area contributed by atoms with Gasteiger partial charge in [-0.1, -0.05) is 28.1 Å². The molecule has 1 rings (SSSR count). The predicted octanol–water partition coefficient (Wildman–Crippen LogP) is 2.98. The van der Waals surface area contributed by atoms with Crippen LogP contribution in [0.3, 0.4) is 0 Å². The van der Waals surface area contributed by atoms with Crippen molar-refractivity contribution >= 4 is 28.3 Å². The second-order valence-electron chi connectivity index (χ2n) is 3.18. The van der Waals surface area contributed by atoms with Crippen LogP contribution in [0.2, 0.25) is 0 Å². The Bertz CT molecular complexity index is 233. The second-order valence-corrected chi connectivity index (χ2v) is 4.10. The summed E-state index contributed by atoms with van der Waals surface area (Å²) in [5.74, 6) is 0. The SMILES string of the molecule is CN(C)CCc1ccc(Br)cc1.Cl. The highest BCUT2D eigenvalue weighted by molar-refractivity contribution is 9.10. The molecule has 74 valence electrons. The fourth-order valence-electron chi connectivity index (χ4n) is 1.00. The van der Waals surface area contributed by atoms with Gasteiger partial charge in [0.2, 0.25) is 0 Å². The Labute approximate surface area is 94.7 Å². The van der Waals surface area contributed by atoms with Crippen LogP contribution in [0.25, 0.3) is 0 Å². The standard InChI is InChI=1S/C10H14BrN.ClH/c1-12(2)8-7-9-3-5-10(11)6-4-9;/h3-6H,7-8H2,1-2H3;1H. The van der Waals surface area contributed by atoms with Crippen molar-refractivity contribution < 1.29 is 0 Å². The summed E-state index contributed by atoms with van der Waals surface area (Å²) < 4.78 is 1.15.